The smallest absolute Gasteiger partial charge is 0.251 e. The molecule has 1 fully saturated rings. The van der Waals surface area contributed by atoms with Gasteiger partial charge in [0.2, 0.25) is 0 Å². The third kappa shape index (κ3) is 3.22. The first-order chi connectivity index (χ1) is 8.18. The van der Waals surface area contributed by atoms with E-state index in [1.165, 1.54) is 19.3 Å². The summed E-state index contributed by atoms with van der Waals surface area (Å²) >= 11 is 0. The van der Waals surface area contributed by atoms with Crippen LogP contribution >= 0.6 is 0 Å². The zero-order valence-corrected chi connectivity index (χ0v) is 10.2. The lowest BCUT2D eigenvalue weighted by Crippen LogP contribution is -2.25. The summed E-state index contributed by atoms with van der Waals surface area (Å²) in [6.07, 6.45) is 4.99. The van der Waals surface area contributed by atoms with Crippen molar-refractivity contribution in [2.45, 2.75) is 32.6 Å². The third-order valence-corrected chi connectivity index (χ3v) is 3.32. The lowest BCUT2D eigenvalue weighted by molar-refractivity contribution is 0.0951. The molecular formula is C14H19NO2. The number of aromatic hydroxyl groups is 1. The number of rotatable bonds is 5. The Balaban J connectivity index is 1.83. The molecule has 1 aliphatic rings. The van der Waals surface area contributed by atoms with E-state index < -0.39 is 0 Å². The number of hydrogen-bond donors (Lipinski definition) is 2. The average Bonchev–Trinajstić information content (AvgIpc) is 3.12. The van der Waals surface area contributed by atoms with Crippen molar-refractivity contribution in [3.8, 4) is 5.75 Å². The summed E-state index contributed by atoms with van der Waals surface area (Å²) in [7, 11) is 0. The summed E-state index contributed by atoms with van der Waals surface area (Å²) in [5.41, 5.74) is 1.21. The lowest BCUT2D eigenvalue weighted by atomic mass is 10.1. The third-order valence-electron chi connectivity index (χ3n) is 3.32. The Bertz CT molecular complexity index is 411. The van der Waals surface area contributed by atoms with Gasteiger partial charge in [-0.3, -0.25) is 4.79 Å². The van der Waals surface area contributed by atoms with Crippen LogP contribution in [0.4, 0.5) is 0 Å². The molecular weight excluding hydrogens is 214 g/mol. The first-order valence-electron chi connectivity index (χ1n) is 6.25. The zero-order chi connectivity index (χ0) is 12.3. The molecule has 0 spiro atoms. The molecule has 1 saturated carbocycles. The molecule has 0 aliphatic heterocycles. The van der Waals surface area contributed by atoms with Gasteiger partial charge in [0, 0.05) is 17.7 Å². The lowest BCUT2D eigenvalue weighted by Gasteiger charge is -2.08. The van der Waals surface area contributed by atoms with Crippen LogP contribution in [-0.2, 0) is 0 Å². The van der Waals surface area contributed by atoms with Gasteiger partial charge in [-0.1, -0.05) is 18.9 Å². The number of hydrogen-bond acceptors (Lipinski definition) is 2. The fraction of sp³-hybridized carbons (Fsp3) is 0.500. The Morgan fingerprint density at radius 3 is 2.94 bits per heavy atom. The molecule has 1 amide bonds. The number of carbonyl (C=O) groups is 1. The summed E-state index contributed by atoms with van der Waals surface area (Å²) in [6, 6.07) is 5.03. The minimum Gasteiger partial charge on any atom is -0.508 e. The van der Waals surface area contributed by atoms with Crippen LogP contribution in [0.15, 0.2) is 18.2 Å². The molecule has 0 aromatic heterocycles. The molecule has 2 N–H and O–H groups in total. The van der Waals surface area contributed by atoms with Gasteiger partial charge in [-0.05, 0) is 37.8 Å². The second-order valence-corrected chi connectivity index (χ2v) is 4.79. The van der Waals surface area contributed by atoms with E-state index in [1.54, 1.807) is 25.1 Å². The molecule has 17 heavy (non-hydrogen) atoms. The number of amides is 1. The second-order valence-electron chi connectivity index (χ2n) is 4.79. The molecule has 92 valence electrons. The average molecular weight is 233 g/mol. The van der Waals surface area contributed by atoms with Crippen LogP contribution < -0.4 is 5.32 Å². The van der Waals surface area contributed by atoms with Crippen LogP contribution in [-0.4, -0.2) is 17.6 Å². The minimum absolute atomic E-state index is 0.0887. The second kappa shape index (κ2) is 5.21. The maximum absolute atomic E-state index is 11.9. The monoisotopic (exact) mass is 233 g/mol. The van der Waals surface area contributed by atoms with E-state index >= 15 is 0 Å². The summed E-state index contributed by atoms with van der Waals surface area (Å²) in [5.74, 6) is 0.999. The molecule has 1 aromatic carbocycles. The summed E-state index contributed by atoms with van der Waals surface area (Å²) in [5, 5.41) is 12.4. The Hall–Kier alpha value is -1.51. The highest BCUT2D eigenvalue weighted by Gasteiger charge is 2.20. The number of phenolic OH excluding ortho intramolecular Hbond substituents is 1. The van der Waals surface area contributed by atoms with E-state index in [0.717, 1.165) is 18.9 Å². The van der Waals surface area contributed by atoms with Crippen molar-refractivity contribution >= 4 is 5.91 Å². The van der Waals surface area contributed by atoms with Crippen LogP contribution in [0.3, 0.4) is 0 Å². The van der Waals surface area contributed by atoms with E-state index in [-0.39, 0.29) is 11.7 Å². The molecule has 3 nitrogen and oxygen atoms in total. The topological polar surface area (TPSA) is 49.3 Å². The van der Waals surface area contributed by atoms with Gasteiger partial charge in [-0.15, -0.1) is 0 Å². The van der Waals surface area contributed by atoms with Crippen molar-refractivity contribution in [1.82, 2.24) is 5.32 Å². The van der Waals surface area contributed by atoms with Crippen LogP contribution in [0, 0.1) is 12.8 Å². The molecule has 1 aliphatic carbocycles. The van der Waals surface area contributed by atoms with E-state index in [4.69, 9.17) is 0 Å². The van der Waals surface area contributed by atoms with Crippen LogP contribution in [0.1, 0.15) is 41.6 Å². The molecule has 3 heteroatoms. The van der Waals surface area contributed by atoms with Gasteiger partial charge in [-0.2, -0.15) is 0 Å². The number of phenols is 1. The Labute approximate surface area is 102 Å². The summed E-state index contributed by atoms with van der Waals surface area (Å²) < 4.78 is 0. The highest BCUT2D eigenvalue weighted by atomic mass is 16.3. The summed E-state index contributed by atoms with van der Waals surface area (Å²) in [4.78, 5) is 11.9. The number of benzene rings is 1. The molecule has 0 heterocycles. The van der Waals surface area contributed by atoms with Crippen molar-refractivity contribution in [1.29, 1.82) is 0 Å². The Kier molecular flexibility index (Phi) is 3.67. The van der Waals surface area contributed by atoms with Gasteiger partial charge in [-0.25, -0.2) is 0 Å². The van der Waals surface area contributed by atoms with Crippen molar-refractivity contribution in [3.05, 3.63) is 29.3 Å². The molecule has 0 atom stereocenters. The maximum atomic E-state index is 11.9. The fourth-order valence-electron chi connectivity index (χ4n) is 1.96. The van der Waals surface area contributed by atoms with Crippen LogP contribution in [0.5, 0.6) is 5.75 Å². The van der Waals surface area contributed by atoms with Gasteiger partial charge in [0.25, 0.3) is 5.91 Å². The van der Waals surface area contributed by atoms with Crippen LogP contribution in [0.25, 0.3) is 0 Å². The molecule has 1 aromatic rings. The van der Waals surface area contributed by atoms with Gasteiger partial charge in [0.15, 0.2) is 0 Å². The maximum Gasteiger partial charge on any atom is 0.251 e. The highest BCUT2D eigenvalue weighted by Crippen LogP contribution is 2.33. The Morgan fingerprint density at radius 1 is 1.47 bits per heavy atom. The van der Waals surface area contributed by atoms with Crippen molar-refractivity contribution in [3.63, 3.8) is 0 Å². The SMILES string of the molecule is Cc1c(O)cccc1C(=O)NCCCC1CC1. The molecule has 0 saturated heterocycles. The Morgan fingerprint density at radius 2 is 2.24 bits per heavy atom. The van der Waals surface area contributed by atoms with E-state index in [0.29, 0.717) is 11.1 Å². The predicted molar refractivity (Wildman–Crippen MR) is 67.1 cm³/mol. The molecule has 0 unspecified atom stereocenters. The predicted octanol–water partition coefficient (Wildman–Crippen LogP) is 2.62. The first-order valence-corrected chi connectivity index (χ1v) is 6.25. The standard InChI is InChI=1S/C14H19NO2/c1-10-12(5-2-6-13(10)16)14(17)15-9-3-4-11-7-8-11/h2,5-6,11,16H,3-4,7-9H2,1H3,(H,15,17). The largest absolute Gasteiger partial charge is 0.508 e. The van der Waals surface area contributed by atoms with Crippen molar-refractivity contribution in [2.24, 2.45) is 5.92 Å². The quantitative estimate of drug-likeness (QED) is 0.768. The van der Waals surface area contributed by atoms with Crippen LogP contribution in [0.2, 0.25) is 0 Å². The molecule has 0 bridgehead atoms. The van der Waals surface area contributed by atoms with Gasteiger partial charge >= 0.3 is 0 Å². The van der Waals surface area contributed by atoms with Crippen molar-refractivity contribution in [2.75, 3.05) is 6.54 Å². The van der Waals surface area contributed by atoms with Gasteiger partial charge in [0.05, 0.1) is 0 Å². The normalized spacial score (nSPS) is 14.6. The molecule has 2 rings (SSSR count). The van der Waals surface area contributed by atoms with E-state index in [9.17, 15) is 9.90 Å². The zero-order valence-electron chi connectivity index (χ0n) is 10.2. The van der Waals surface area contributed by atoms with E-state index in [1.807, 2.05) is 0 Å². The van der Waals surface area contributed by atoms with Gasteiger partial charge < -0.3 is 10.4 Å². The fourth-order valence-corrected chi connectivity index (χ4v) is 1.96. The number of carbonyl (C=O) groups excluding carboxylic acids is 1. The van der Waals surface area contributed by atoms with E-state index in [2.05, 4.69) is 5.32 Å². The highest BCUT2D eigenvalue weighted by molar-refractivity contribution is 5.96. The van der Waals surface area contributed by atoms with Crippen molar-refractivity contribution < 1.29 is 9.90 Å². The number of nitrogens with one attached hydrogen (secondary N) is 1. The van der Waals surface area contributed by atoms with Gasteiger partial charge in [0.1, 0.15) is 5.75 Å². The first kappa shape index (κ1) is 12.0. The minimum atomic E-state index is -0.0887. The molecule has 0 radical (unpaired) electrons. The summed E-state index contributed by atoms with van der Waals surface area (Å²) in [6.45, 7) is 2.48.